The van der Waals surface area contributed by atoms with E-state index in [0.29, 0.717) is 0 Å². The molecule has 0 aromatic heterocycles. The van der Waals surface area contributed by atoms with Crippen LogP contribution in [0, 0.1) is 0 Å². The van der Waals surface area contributed by atoms with Crippen molar-refractivity contribution in [2.45, 2.75) is 44.3 Å². The van der Waals surface area contributed by atoms with Gasteiger partial charge in [-0.05, 0) is 114 Å². The first kappa shape index (κ1) is 28.3. The van der Waals surface area contributed by atoms with Gasteiger partial charge in [0.05, 0.1) is 16.6 Å². The van der Waals surface area contributed by atoms with Crippen LogP contribution in [0.4, 0.5) is 17.1 Å². The Bertz CT molecular complexity index is 2090. The van der Waals surface area contributed by atoms with E-state index in [1.54, 1.807) is 0 Å². The van der Waals surface area contributed by atoms with E-state index in [2.05, 4.69) is 178 Å². The van der Waals surface area contributed by atoms with Gasteiger partial charge in [0.2, 0.25) is 0 Å². The van der Waals surface area contributed by atoms with Crippen molar-refractivity contribution in [3.05, 3.63) is 168 Å². The summed E-state index contributed by atoms with van der Waals surface area (Å²) >= 11 is 0. The molecule has 1 fully saturated rings. The summed E-state index contributed by atoms with van der Waals surface area (Å²) in [4.78, 5) is 2.36. The molecule has 6 aromatic carbocycles. The van der Waals surface area contributed by atoms with Crippen molar-refractivity contribution < 1.29 is 9.31 Å². The zero-order valence-corrected chi connectivity index (χ0v) is 27.2. The smallest absolute Gasteiger partial charge is 0.399 e. The first-order valence-corrected chi connectivity index (χ1v) is 16.5. The highest BCUT2D eigenvalue weighted by Gasteiger charge is 2.53. The van der Waals surface area contributed by atoms with E-state index in [4.69, 9.17) is 9.31 Å². The zero-order chi connectivity index (χ0) is 32.0. The summed E-state index contributed by atoms with van der Waals surface area (Å²) in [5.41, 5.74) is 13.7. The summed E-state index contributed by atoms with van der Waals surface area (Å²) < 4.78 is 12.8. The molecule has 0 unspecified atom stereocenters. The highest BCUT2D eigenvalue weighted by molar-refractivity contribution is 6.62. The van der Waals surface area contributed by atoms with Crippen LogP contribution in [-0.4, -0.2) is 18.3 Å². The third kappa shape index (κ3) is 3.95. The van der Waals surface area contributed by atoms with Crippen LogP contribution in [0.1, 0.15) is 49.9 Å². The summed E-state index contributed by atoms with van der Waals surface area (Å²) in [6.45, 7) is 8.38. The molecule has 0 bridgehead atoms. The van der Waals surface area contributed by atoms with Gasteiger partial charge in [-0.3, -0.25) is 0 Å². The third-order valence-corrected chi connectivity index (χ3v) is 10.9. The van der Waals surface area contributed by atoms with Gasteiger partial charge < -0.3 is 14.2 Å². The van der Waals surface area contributed by atoms with Crippen molar-refractivity contribution in [2.75, 3.05) is 4.90 Å². The topological polar surface area (TPSA) is 21.7 Å². The Hall–Kier alpha value is -4.90. The Kier molecular flexibility index (Phi) is 6.06. The maximum atomic E-state index is 6.38. The average Bonchev–Trinajstić information content (AvgIpc) is 3.64. The van der Waals surface area contributed by atoms with Crippen LogP contribution in [0.5, 0.6) is 0 Å². The van der Waals surface area contributed by atoms with Crippen LogP contribution in [0.2, 0.25) is 0 Å². The predicted molar refractivity (Wildman–Crippen MR) is 193 cm³/mol. The van der Waals surface area contributed by atoms with E-state index in [1.807, 2.05) is 0 Å². The van der Waals surface area contributed by atoms with Crippen LogP contribution in [0.25, 0.3) is 22.3 Å². The van der Waals surface area contributed by atoms with E-state index in [-0.39, 0.29) is 11.2 Å². The van der Waals surface area contributed by atoms with Crippen LogP contribution in [0.15, 0.2) is 146 Å². The van der Waals surface area contributed by atoms with Gasteiger partial charge in [0.15, 0.2) is 0 Å². The lowest BCUT2D eigenvalue weighted by Crippen LogP contribution is -2.41. The first-order valence-electron chi connectivity index (χ1n) is 16.5. The fourth-order valence-electron chi connectivity index (χ4n) is 8.01. The van der Waals surface area contributed by atoms with E-state index in [9.17, 15) is 0 Å². The van der Waals surface area contributed by atoms with E-state index < -0.39 is 12.5 Å². The van der Waals surface area contributed by atoms with Gasteiger partial charge in [0, 0.05) is 17.1 Å². The first-order chi connectivity index (χ1) is 22.8. The Balaban J connectivity index is 1.22. The molecule has 3 aliphatic rings. The quantitative estimate of drug-likeness (QED) is 0.186. The predicted octanol–water partition coefficient (Wildman–Crippen LogP) is 9.80. The molecule has 1 saturated heterocycles. The number of benzene rings is 6. The Labute approximate surface area is 277 Å². The Morgan fingerprint density at radius 1 is 0.426 bits per heavy atom. The van der Waals surface area contributed by atoms with Crippen LogP contribution < -0.4 is 10.4 Å². The second-order valence-electron chi connectivity index (χ2n) is 14.0. The number of anilines is 3. The van der Waals surface area contributed by atoms with Crippen LogP contribution >= 0.6 is 0 Å². The highest BCUT2D eigenvalue weighted by Crippen LogP contribution is 2.63. The molecule has 3 nitrogen and oxygen atoms in total. The van der Waals surface area contributed by atoms with E-state index in [0.717, 1.165) is 22.5 Å². The van der Waals surface area contributed by atoms with Crippen molar-refractivity contribution >= 4 is 29.6 Å². The number of fused-ring (bicyclic) bond motifs is 10. The summed E-state index contributed by atoms with van der Waals surface area (Å²) in [5.74, 6) is 0. The largest absolute Gasteiger partial charge is 0.494 e. The minimum Gasteiger partial charge on any atom is -0.399 e. The number of hydrogen-bond acceptors (Lipinski definition) is 3. The zero-order valence-electron chi connectivity index (χ0n) is 27.2. The lowest BCUT2D eigenvalue weighted by Gasteiger charge is -2.32. The fourth-order valence-corrected chi connectivity index (χ4v) is 8.01. The highest BCUT2D eigenvalue weighted by atomic mass is 16.7. The molecular weight excluding hydrogens is 573 g/mol. The summed E-state index contributed by atoms with van der Waals surface area (Å²) in [7, 11) is -0.403. The second-order valence-corrected chi connectivity index (χ2v) is 14.0. The summed E-state index contributed by atoms with van der Waals surface area (Å²) in [5, 5.41) is 0. The van der Waals surface area contributed by atoms with Gasteiger partial charge in [-0.25, -0.2) is 0 Å². The molecule has 1 aliphatic heterocycles. The van der Waals surface area contributed by atoms with Crippen molar-refractivity contribution in [3.63, 3.8) is 0 Å². The molecule has 228 valence electrons. The average molecular weight is 610 g/mol. The molecule has 0 atom stereocenters. The second kappa shape index (κ2) is 10.1. The van der Waals surface area contributed by atoms with Crippen molar-refractivity contribution in [2.24, 2.45) is 0 Å². The van der Waals surface area contributed by atoms with Crippen molar-refractivity contribution in [1.82, 2.24) is 0 Å². The molecule has 2 aliphatic carbocycles. The molecule has 47 heavy (non-hydrogen) atoms. The van der Waals surface area contributed by atoms with Crippen molar-refractivity contribution in [3.8, 4) is 22.3 Å². The maximum Gasteiger partial charge on any atom is 0.494 e. The minimum atomic E-state index is -0.403. The van der Waals surface area contributed by atoms with Gasteiger partial charge in [-0.15, -0.1) is 0 Å². The van der Waals surface area contributed by atoms with Crippen LogP contribution in [0.3, 0.4) is 0 Å². The minimum absolute atomic E-state index is 0.387. The number of rotatable bonds is 4. The standard InChI is InChI=1S/C43H36BNO2/c1-41(2)42(3,4)47-44(46-41)29-22-24-31(25-23-29)45(30-14-6-5-7-15-30)32-26-27-36-35-18-10-13-21-39(35)43(40(36)28-32)37-19-11-8-16-33(37)34-17-9-12-20-38(34)43/h5-28H,1-4H3. The lowest BCUT2D eigenvalue weighted by molar-refractivity contribution is 0.00578. The summed E-state index contributed by atoms with van der Waals surface area (Å²) in [6.07, 6.45) is 0. The Morgan fingerprint density at radius 2 is 0.851 bits per heavy atom. The molecule has 0 amide bonds. The lowest BCUT2D eigenvalue weighted by atomic mass is 9.70. The molecule has 1 heterocycles. The Morgan fingerprint density at radius 3 is 1.38 bits per heavy atom. The van der Waals surface area contributed by atoms with Gasteiger partial charge in [-0.1, -0.05) is 109 Å². The molecule has 0 radical (unpaired) electrons. The van der Waals surface area contributed by atoms with Gasteiger partial charge in [-0.2, -0.15) is 0 Å². The maximum absolute atomic E-state index is 6.38. The molecule has 9 rings (SSSR count). The number of hydrogen-bond donors (Lipinski definition) is 0. The third-order valence-electron chi connectivity index (χ3n) is 10.9. The monoisotopic (exact) mass is 609 g/mol. The summed E-state index contributed by atoms with van der Waals surface area (Å²) in [6, 6.07) is 53.2. The van der Waals surface area contributed by atoms with Gasteiger partial charge in [0.1, 0.15) is 0 Å². The van der Waals surface area contributed by atoms with Crippen molar-refractivity contribution in [1.29, 1.82) is 0 Å². The fraction of sp³-hybridized carbons (Fsp3) is 0.163. The number of nitrogens with zero attached hydrogens (tertiary/aromatic N) is 1. The van der Waals surface area contributed by atoms with Gasteiger partial charge in [0.25, 0.3) is 0 Å². The van der Waals surface area contributed by atoms with E-state index in [1.165, 1.54) is 44.5 Å². The SMILES string of the molecule is CC1(C)OB(c2ccc(N(c3ccccc3)c3ccc4c(c3)C3(c5ccccc5-c5ccccc53)c3ccccc3-4)cc2)OC1(C)C. The molecule has 4 heteroatoms. The normalized spacial score (nSPS) is 17.2. The van der Waals surface area contributed by atoms with Gasteiger partial charge >= 0.3 is 7.12 Å². The molecule has 0 saturated carbocycles. The molecule has 1 spiro atoms. The number of para-hydroxylation sites is 1. The van der Waals surface area contributed by atoms with E-state index >= 15 is 0 Å². The molecular formula is C43H36BNO2. The van der Waals surface area contributed by atoms with Crippen LogP contribution in [-0.2, 0) is 14.7 Å². The molecule has 0 N–H and O–H groups in total. The molecule has 6 aromatic rings.